The van der Waals surface area contributed by atoms with Crippen LogP contribution in [0.25, 0.3) is 0 Å². The summed E-state index contributed by atoms with van der Waals surface area (Å²) in [6.45, 7) is 1.93. The first-order valence-electron chi connectivity index (χ1n) is 8.86. The van der Waals surface area contributed by atoms with Crippen LogP contribution in [-0.2, 0) is 11.3 Å². The molecule has 1 atom stereocenters. The molecular formula is C18H19N5O4. The van der Waals surface area contributed by atoms with Gasteiger partial charge in [-0.05, 0) is 55.6 Å². The number of ether oxygens (including phenoxy) is 1. The molecule has 2 saturated heterocycles. The molecule has 4 rings (SSSR count). The summed E-state index contributed by atoms with van der Waals surface area (Å²) in [5.41, 5.74) is 0.131. The number of imide groups is 1. The van der Waals surface area contributed by atoms with Crippen LogP contribution in [-0.4, -0.2) is 47.9 Å². The van der Waals surface area contributed by atoms with Gasteiger partial charge in [0.05, 0.1) is 6.54 Å². The monoisotopic (exact) mass is 369 g/mol. The van der Waals surface area contributed by atoms with E-state index in [1.807, 2.05) is 0 Å². The minimum Gasteiger partial charge on any atom is -0.388 e. The lowest BCUT2D eigenvalue weighted by atomic mass is 9.77. The molecule has 0 aliphatic carbocycles. The highest BCUT2D eigenvalue weighted by Crippen LogP contribution is 2.34. The summed E-state index contributed by atoms with van der Waals surface area (Å²) in [7, 11) is 0. The Labute approximate surface area is 155 Å². The van der Waals surface area contributed by atoms with Crippen molar-refractivity contribution in [2.75, 3.05) is 19.6 Å². The average Bonchev–Trinajstić information content (AvgIpc) is 3.12. The Morgan fingerprint density at radius 1 is 1.26 bits per heavy atom. The lowest BCUT2D eigenvalue weighted by Crippen LogP contribution is -2.61. The summed E-state index contributed by atoms with van der Waals surface area (Å²) < 4.78 is 4.83. The summed E-state index contributed by atoms with van der Waals surface area (Å²) in [5.74, 6) is -0.266. The zero-order chi connectivity index (χ0) is 19.0. The molecule has 1 aromatic rings. The number of fused-ring (bicyclic) bond motifs is 1. The number of carbonyl (C=O) groups excluding carboxylic acids is 3. The number of urea groups is 1. The molecule has 0 aromatic heterocycles. The number of amides is 4. The van der Waals surface area contributed by atoms with E-state index in [0.29, 0.717) is 17.9 Å². The first-order chi connectivity index (χ1) is 13.0. The lowest BCUT2D eigenvalue weighted by Gasteiger charge is -2.39. The smallest absolute Gasteiger partial charge is 0.322 e. The summed E-state index contributed by atoms with van der Waals surface area (Å²) in [6.07, 6.45) is 3.09. The molecule has 3 aliphatic heterocycles. The Balaban J connectivity index is 1.61. The van der Waals surface area contributed by atoms with Crippen LogP contribution in [0, 0.1) is 17.4 Å². The predicted molar refractivity (Wildman–Crippen MR) is 92.4 cm³/mol. The van der Waals surface area contributed by atoms with Crippen molar-refractivity contribution in [3.63, 3.8) is 0 Å². The number of benzene rings is 1. The third-order valence-corrected chi connectivity index (χ3v) is 5.56. The number of piperidine rings is 1. The molecule has 4 amide bonds. The zero-order valence-corrected chi connectivity index (χ0v) is 14.6. The molecule has 9 nitrogen and oxygen atoms in total. The Morgan fingerprint density at radius 3 is 2.70 bits per heavy atom. The number of nitriles is 1. The zero-order valence-electron chi connectivity index (χ0n) is 14.6. The molecule has 1 aromatic carbocycles. The fourth-order valence-corrected chi connectivity index (χ4v) is 4.25. The van der Waals surface area contributed by atoms with Gasteiger partial charge in [0, 0.05) is 12.1 Å². The highest BCUT2D eigenvalue weighted by Gasteiger charge is 2.53. The third-order valence-electron chi connectivity index (χ3n) is 5.56. The molecule has 3 heterocycles. The van der Waals surface area contributed by atoms with Gasteiger partial charge < -0.3 is 20.3 Å². The topological polar surface area (TPSA) is 124 Å². The molecule has 0 radical (unpaired) electrons. The van der Waals surface area contributed by atoms with Crippen LogP contribution in [0.1, 0.15) is 28.8 Å². The number of nitrogens with zero attached hydrogens (tertiary/aromatic N) is 2. The Bertz CT molecular complexity index is 858. The highest BCUT2D eigenvalue weighted by molar-refractivity contribution is 6.08. The van der Waals surface area contributed by atoms with Crippen molar-refractivity contribution in [3.8, 4) is 12.0 Å². The van der Waals surface area contributed by atoms with Crippen LogP contribution in [0.5, 0.6) is 5.75 Å². The standard InChI is InChI=1S/C18H19N5O4/c19-10-27-13-1-2-14-11(7-13)8-23(15(14)24)9-18(12-3-5-20-6-4-12)16(25)21-17(26)22-18/h1-2,7,12,20H,3-6,8-9H2,(H2,21,22,25,26). The van der Waals surface area contributed by atoms with E-state index in [0.717, 1.165) is 31.5 Å². The summed E-state index contributed by atoms with van der Waals surface area (Å²) >= 11 is 0. The van der Waals surface area contributed by atoms with E-state index in [9.17, 15) is 14.4 Å². The van der Waals surface area contributed by atoms with Gasteiger partial charge >= 0.3 is 6.03 Å². The van der Waals surface area contributed by atoms with E-state index in [-0.39, 0.29) is 24.3 Å². The van der Waals surface area contributed by atoms with E-state index >= 15 is 0 Å². The van der Waals surface area contributed by atoms with Crippen molar-refractivity contribution in [2.45, 2.75) is 24.9 Å². The molecule has 2 fully saturated rings. The van der Waals surface area contributed by atoms with E-state index in [1.165, 1.54) is 0 Å². The number of hydrogen-bond donors (Lipinski definition) is 3. The van der Waals surface area contributed by atoms with E-state index in [2.05, 4.69) is 16.0 Å². The van der Waals surface area contributed by atoms with Crippen LogP contribution in [0.4, 0.5) is 4.79 Å². The second-order valence-electron chi connectivity index (χ2n) is 7.08. The minimum atomic E-state index is -1.12. The largest absolute Gasteiger partial charge is 0.388 e. The van der Waals surface area contributed by atoms with Crippen molar-refractivity contribution < 1.29 is 19.1 Å². The molecule has 3 N–H and O–H groups in total. The predicted octanol–water partition coefficient (Wildman–Crippen LogP) is 0.0801. The molecule has 140 valence electrons. The molecule has 27 heavy (non-hydrogen) atoms. The fourth-order valence-electron chi connectivity index (χ4n) is 4.25. The van der Waals surface area contributed by atoms with Crippen LogP contribution in [0.2, 0.25) is 0 Å². The second-order valence-corrected chi connectivity index (χ2v) is 7.08. The van der Waals surface area contributed by atoms with Gasteiger partial charge in [0.25, 0.3) is 18.1 Å². The van der Waals surface area contributed by atoms with Gasteiger partial charge in [-0.15, -0.1) is 5.26 Å². The SMILES string of the molecule is N#COc1ccc2c(c1)CN(CC1(C3CCNCC3)NC(=O)NC1=O)C2=O. The van der Waals surface area contributed by atoms with Gasteiger partial charge in [-0.2, -0.15) is 0 Å². The average molecular weight is 369 g/mol. The number of rotatable bonds is 4. The first-order valence-corrected chi connectivity index (χ1v) is 8.86. The lowest BCUT2D eigenvalue weighted by molar-refractivity contribution is -0.127. The maximum Gasteiger partial charge on any atom is 0.322 e. The van der Waals surface area contributed by atoms with E-state index in [4.69, 9.17) is 10.00 Å². The summed E-state index contributed by atoms with van der Waals surface area (Å²) in [6, 6.07) is 4.32. The van der Waals surface area contributed by atoms with Crippen LogP contribution >= 0.6 is 0 Å². The molecule has 0 bridgehead atoms. The van der Waals surface area contributed by atoms with Crippen molar-refractivity contribution in [3.05, 3.63) is 29.3 Å². The van der Waals surface area contributed by atoms with Gasteiger partial charge in [-0.25, -0.2) is 4.79 Å². The third kappa shape index (κ3) is 2.88. The Hall–Kier alpha value is -3.12. The van der Waals surface area contributed by atoms with Gasteiger partial charge in [0.2, 0.25) is 0 Å². The molecule has 3 aliphatic rings. The number of carbonyl (C=O) groups is 3. The van der Waals surface area contributed by atoms with Gasteiger partial charge in [0.1, 0.15) is 11.3 Å². The summed E-state index contributed by atoms with van der Waals surface area (Å²) in [4.78, 5) is 39.0. The maximum absolute atomic E-state index is 12.8. The quantitative estimate of drug-likeness (QED) is 0.510. The van der Waals surface area contributed by atoms with E-state index < -0.39 is 11.6 Å². The summed E-state index contributed by atoms with van der Waals surface area (Å²) in [5, 5.41) is 17.0. The molecule has 0 spiro atoms. The Kier molecular flexibility index (Phi) is 4.20. The number of hydrogen-bond acceptors (Lipinski definition) is 6. The highest BCUT2D eigenvalue weighted by atomic mass is 16.5. The van der Waals surface area contributed by atoms with Crippen LogP contribution < -0.4 is 20.7 Å². The molecule has 0 saturated carbocycles. The maximum atomic E-state index is 12.8. The fraction of sp³-hybridized carbons (Fsp3) is 0.444. The Morgan fingerprint density at radius 2 is 2.04 bits per heavy atom. The minimum absolute atomic E-state index is 0.0563. The first kappa shape index (κ1) is 17.3. The van der Waals surface area contributed by atoms with Crippen molar-refractivity contribution in [2.24, 2.45) is 5.92 Å². The van der Waals surface area contributed by atoms with Gasteiger partial charge in [-0.1, -0.05) is 0 Å². The number of nitrogens with one attached hydrogen (secondary N) is 3. The second kappa shape index (κ2) is 6.55. The van der Waals surface area contributed by atoms with E-state index in [1.54, 1.807) is 29.4 Å². The molecule has 1 unspecified atom stereocenters. The van der Waals surface area contributed by atoms with Gasteiger partial charge in [0.15, 0.2) is 0 Å². The van der Waals surface area contributed by atoms with Crippen LogP contribution in [0.15, 0.2) is 18.2 Å². The normalized spacial score (nSPS) is 25.0. The van der Waals surface area contributed by atoms with Crippen LogP contribution in [0.3, 0.4) is 0 Å². The van der Waals surface area contributed by atoms with Crippen molar-refractivity contribution in [1.82, 2.24) is 20.9 Å². The van der Waals surface area contributed by atoms with Crippen molar-refractivity contribution in [1.29, 1.82) is 5.26 Å². The molecule has 9 heteroatoms. The van der Waals surface area contributed by atoms with Gasteiger partial charge in [-0.3, -0.25) is 14.9 Å². The van der Waals surface area contributed by atoms with Crippen molar-refractivity contribution >= 4 is 17.8 Å². The molecular weight excluding hydrogens is 350 g/mol.